The molecule has 1 aromatic rings. The van der Waals surface area contributed by atoms with Gasteiger partial charge in [0.15, 0.2) is 0 Å². The van der Waals surface area contributed by atoms with Crippen LogP contribution < -0.4 is 0 Å². The van der Waals surface area contributed by atoms with Crippen molar-refractivity contribution in [3.05, 3.63) is 33.8 Å². The lowest BCUT2D eigenvalue weighted by Gasteiger charge is -2.03. The molecule has 2 nitrogen and oxygen atoms in total. The van der Waals surface area contributed by atoms with Gasteiger partial charge in [-0.2, -0.15) is 0 Å². The van der Waals surface area contributed by atoms with Crippen molar-refractivity contribution in [2.45, 2.75) is 0 Å². The maximum atomic E-state index is 11.2. The van der Waals surface area contributed by atoms with E-state index < -0.39 is 0 Å². The molecule has 68 valence electrons. The topological polar surface area (TPSA) is 34.1 Å². The molecule has 0 heterocycles. The summed E-state index contributed by atoms with van der Waals surface area (Å²) in [6.07, 6.45) is 0. The molecule has 0 unspecified atom stereocenters. The molecule has 0 aromatic heterocycles. The number of hydrogen-bond acceptors (Lipinski definition) is 2. The van der Waals surface area contributed by atoms with Crippen LogP contribution in [-0.4, -0.2) is 7.58 Å². The van der Waals surface area contributed by atoms with E-state index in [0.717, 1.165) is 0 Å². The Morgan fingerprint density at radius 1 is 1.15 bits per heavy atom. The standard InChI is InChI=1S/C8H3BrI2O2/c9-5-3-1-2-4(7(10)12)6(5)8(11)13/h1-3H. The van der Waals surface area contributed by atoms with Crippen molar-refractivity contribution in [2.24, 2.45) is 0 Å². The van der Waals surface area contributed by atoms with Crippen molar-refractivity contribution >= 4 is 68.7 Å². The monoisotopic (exact) mass is 464 g/mol. The first-order valence-corrected chi connectivity index (χ1v) is 6.17. The van der Waals surface area contributed by atoms with E-state index in [2.05, 4.69) is 15.9 Å². The van der Waals surface area contributed by atoms with Crippen LogP contribution in [0.25, 0.3) is 0 Å². The molecule has 5 heteroatoms. The minimum absolute atomic E-state index is 0.126. The molecule has 0 spiro atoms. The minimum atomic E-state index is -0.134. The number of halogens is 3. The van der Waals surface area contributed by atoms with Gasteiger partial charge in [-0.15, -0.1) is 0 Å². The number of carbonyl (C=O) groups excluding carboxylic acids is 2. The van der Waals surface area contributed by atoms with Crippen LogP contribution in [0.2, 0.25) is 0 Å². The second-order valence-electron chi connectivity index (χ2n) is 2.21. The molecule has 0 amide bonds. The molecule has 0 saturated carbocycles. The molecule has 13 heavy (non-hydrogen) atoms. The lowest BCUT2D eigenvalue weighted by Crippen LogP contribution is -2.00. The van der Waals surface area contributed by atoms with Crippen LogP contribution in [0.1, 0.15) is 20.7 Å². The third-order valence-electron chi connectivity index (χ3n) is 1.42. The molecule has 0 radical (unpaired) electrons. The second-order valence-corrected chi connectivity index (χ2v) is 5.02. The molecule has 0 saturated heterocycles. The van der Waals surface area contributed by atoms with E-state index >= 15 is 0 Å². The van der Waals surface area contributed by atoms with Crippen LogP contribution in [0.4, 0.5) is 0 Å². The fourth-order valence-corrected chi connectivity index (χ4v) is 2.84. The lowest BCUT2D eigenvalue weighted by atomic mass is 10.1. The Morgan fingerprint density at radius 3 is 2.15 bits per heavy atom. The third-order valence-corrected chi connectivity index (χ3v) is 3.20. The second kappa shape index (κ2) is 4.83. The Labute approximate surface area is 111 Å². The minimum Gasteiger partial charge on any atom is -0.282 e. The number of carbonyl (C=O) groups is 2. The fraction of sp³-hybridized carbons (Fsp3) is 0. The first-order valence-electron chi connectivity index (χ1n) is 3.22. The van der Waals surface area contributed by atoms with E-state index in [9.17, 15) is 9.59 Å². The summed E-state index contributed by atoms with van der Waals surface area (Å²) in [5.41, 5.74) is 0.900. The molecule has 1 rings (SSSR count). The van der Waals surface area contributed by atoms with E-state index in [0.29, 0.717) is 15.6 Å². The predicted molar refractivity (Wildman–Crippen MR) is 70.8 cm³/mol. The van der Waals surface area contributed by atoms with E-state index in [-0.39, 0.29) is 7.58 Å². The summed E-state index contributed by atoms with van der Waals surface area (Å²) in [6.45, 7) is 0. The number of hydrogen-bond donors (Lipinski definition) is 0. The van der Waals surface area contributed by atoms with Crippen LogP contribution in [0.3, 0.4) is 0 Å². The Bertz CT molecular complexity index is 376. The average molecular weight is 465 g/mol. The highest BCUT2D eigenvalue weighted by Crippen LogP contribution is 2.24. The summed E-state index contributed by atoms with van der Waals surface area (Å²) in [5, 5.41) is 0. The molecule has 0 N–H and O–H groups in total. The van der Waals surface area contributed by atoms with Gasteiger partial charge in [-0.25, -0.2) is 0 Å². The van der Waals surface area contributed by atoms with Crippen LogP contribution in [0.5, 0.6) is 0 Å². The van der Waals surface area contributed by atoms with Gasteiger partial charge in [-0.05, 0) is 28.1 Å². The summed E-state index contributed by atoms with van der Waals surface area (Å²) >= 11 is 6.57. The highest BCUT2D eigenvalue weighted by molar-refractivity contribution is 14.1. The Morgan fingerprint density at radius 2 is 1.77 bits per heavy atom. The van der Waals surface area contributed by atoms with Gasteiger partial charge in [0.25, 0.3) is 0 Å². The predicted octanol–water partition coefficient (Wildman–Crippen LogP) is 3.60. The molecular formula is C8H3BrI2O2. The van der Waals surface area contributed by atoms with Crippen molar-refractivity contribution in [3.63, 3.8) is 0 Å². The van der Waals surface area contributed by atoms with Crippen molar-refractivity contribution in [3.8, 4) is 0 Å². The first kappa shape index (κ1) is 11.6. The molecular weight excluding hydrogens is 462 g/mol. The Kier molecular flexibility index (Phi) is 4.30. The van der Waals surface area contributed by atoms with E-state index in [1.807, 2.05) is 0 Å². The van der Waals surface area contributed by atoms with Crippen LogP contribution in [0, 0.1) is 0 Å². The van der Waals surface area contributed by atoms with E-state index in [4.69, 9.17) is 0 Å². The van der Waals surface area contributed by atoms with Crippen molar-refractivity contribution in [1.29, 1.82) is 0 Å². The van der Waals surface area contributed by atoms with Gasteiger partial charge in [0.05, 0.1) is 5.56 Å². The van der Waals surface area contributed by atoms with Crippen molar-refractivity contribution in [1.82, 2.24) is 0 Å². The zero-order valence-electron chi connectivity index (χ0n) is 6.18. The molecule has 0 aliphatic heterocycles. The largest absolute Gasteiger partial charge is 0.282 e. The van der Waals surface area contributed by atoms with Crippen molar-refractivity contribution in [2.75, 3.05) is 0 Å². The summed E-state index contributed by atoms with van der Waals surface area (Å²) < 4.78 is 0.401. The third kappa shape index (κ3) is 2.72. The molecule has 0 atom stereocenters. The summed E-state index contributed by atoms with van der Waals surface area (Å²) in [6, 6.07) is 5.12. The van der Waals surface area contributed by atoms with Gasteiger partial charge in [-0.3, -0.25) is 9.59 Å². The van der Waals surface area contributed by atoms with Gasteiger partial charge in [0, 0.05) is 55.2 Å². The van der Waals surface area contributed by atoms with Crippen LogP contribution in [-0.2, 0) is 0 Å². The van der Waals surface area contributed by atoms with Crippen LogP contribution >= 0.6 is 61.1 Å². The normalized spacial score (nSPS) is 9.77. The van der Waals surface area contributed by atoms with Crippen LogP contribution in [0.15, 0.2) is 22.7 Å². The first-order chi connectivity index (χ1) is 6.04. The van der Waals surface area contributed by atoms with Gasteiger partial charge in [0.1, 0.15) is 0 Å². The lowest BCUT2D eigenvalue weighted by molar-refractivity contribution is 0.107. The van der Waals surface area contributed by atoms with E-state index in [1.165, 1.54) is 0 Å². The fourth-order valence-electron chi connectivity index (χ4n) is 0.888. The van der Waals surface area contributed by atoms with E-state index in [1.54, 1.807) is 63.4 Å². The van der Waals surface area contributed by atoms with Gasteiger partial charge >= 0.3 is 0 Å². The van der Waals surface area contributed by atoms with Gasteiger partial charge in [-0.1, -0.05) is 6.07 Å². The summed E-state index contributed by atoms with van der Waals surface area (Å²) in [5.74, 6) is 0. The highest BCUT2D eigenvalue weighted by atomic mass is 127. The zero-order chi connectivity index (χ0) is 10.0. The highest BCUT2D eigenvalue weighted by Gasteiger charge is 2.15. The molecule has 0 bridgehead atoms. The SMILES string of the molecule is O=C(I)c1cccc(Br)c1C(=O)I. The Balaban J connectivity index is 3.43. The molecule has 1 aromatic carbocycles. The zero-order valence-corrected chi connectivity index (χ0v) is 12.1. The average Bonchev–Trinajstić information content (AvgIpc) is 2.02. The summed E-state index contributed by atoms with van der Waals surface area (Å²) in [4.78, 5) is 22.3. The number of rotatable bonds is 2. The summed E-state index contributed by atoms with van der Waals surface area (Å²) in [7, 11) is 0. The quantitative estimate of drug-likeness (QED) is 0.495. The van der Waals surface area contributed by atoms with Gasteiger partial charge < -0.3 is 0 Å². The molecule has 0 fully saturated rings. The molecule has 0 aliphatic rings. The maximum absolute atomic E-state index is 11.2. The Hall–Kier alpha value is 0.500. The number of benzene rings is 1. The molecule has 0 aliphatic carbocycles. The van der Waals surface area contributed by atoms with Crippen molar-refractivity contribution < 1.29 is 9.59 Å². The maximum Gasteiger partial charge on any atom is 0.224 e. The smallest absolute Gasteiger partial charge is 0.224 e. The van der Waals surface area contributed by atoms with Gasteiger partial charge in [0.2, 0.25) is 7.58 Å².